The van der Waals surface area contributed by atoms with E-state index in [1.165, 1.54) is 4.90 Å². The van der Waals surface area contributed by atoms with Crippen LogP contribution >= 0.6 is 11.8 Å². The molecule has 0 spiro atoms. The molecule has 21 heavy (non-hydrogen) atoms. The third-order valence-electron chi connectivity index (χ3n) is 3.21. The van der Waals surface area contributed by atoms with Crippen LogP contribution < -0.4 is 4.90 Å². The Balaban J connectivity index is 2.07. The Morgan fingerprint density at radius 1 is 1.00 bits per heavy atom. The van der Waals surface area contributed by atoms with Gasteiger partial charge in [0, 0.05) is 30.2 Å². The van der Waals surface area contributed by atoms with Crippen LogP contribution in [-0.4, -0.2) is 26.1 Å². The summed E-state index contributed by atoms with van der Waals surface area (Å²) in [7, 11) is 3.96. The van der Waals surface area contributed by atoms with E-state index in [2.05, 4.69) is 12.1 Å². The standard InChI is InChI=1S/C18H19NOS/c1-19(2)16-9-7-15(8-10-16)18(20)13-6-14-4-11-17(21-3)12-5-14/h4-13H,1-3H3/b13-6+. The first kappa shape index (κ1) is 15.4. The molecule has 0 aliphatic heterocycles. The van der Waals surface area contributed by atoms with Crippen LogP contribution in [0.4, 0.5) is 5.69 Å². The number of ketones is 1. The van der Waals surface area contributed by atoms with Gasteiger partial charge in [0.25, 0.3) is 0 Å². The molecule has 2 aromatic rings. The van der Waals surface area contributed by atoms with Crippen molar-refractivity contribution in [3.63, 3.8) is 0 Å². The third-order valence-corrected chi connectivity index (χ3v) is 3.95. The maximum absolute atomic E-state index is 12.1. The Labute approximate surface area is 130 Å². The molecule has 0 fully saturated rings. The highest BCUT2D eigenvalue weighted by atomic mass is 32.2. The van der Waals surface area contributed by atoms with Gasteiger partial charge >= 0.3 is 0 Å². The lowest BCUT2D eigenvalue weighted by Gasteiger charge is -2.11. The molecular formula is C18H19NOS. The summed E-state index contributed by atoms with van der Waals surface area (Å²) in [4.78, 5) is 15.3. The summed E-state index contributed by atoms with van der Waals surface area (Å²) in [5, 5.41) is 0. The molecule has 0 aromatic heterocycles. The fraction of sp³-hybridized carbons (Fsp3) is 0.167. The minimum atomic E-state index is 0.0225. The maximum Gasteiger partial charge on any atom is 0.185 e. The summed E-state index contributed by atoms with van der Waals surface area (Å²) in [6.45, 7) is 0. The summed E-state index contributed by atoms with van der Waals surface area (Å²) in [6.07, 6.45) is 5.52. The molecular weight excluding hydrogens is 278 g/mol. The quantitative estimate of drug-likeness (QED) is 0.464. The minimum absolute atomic E-state index is 0.0225. The molecule has 0 aliphatic carbocycles. The Morgan fingerprint density at radius 2 is 1.62 bits per heavy atom. The maximum atomic E-state index is 12.1. The molecule has 108 valence electrons. The molecule has 0 N–H and O–H groups in total. The second kappa shape index (κ2) is 7.14. The highest BCUT2D eigenvalue weighted by molar-refractivity contribution is 7.98. The number of allylic oxidation sites excluding steroid dienone is 1. The van der Waals surface area contributed by atoms with Crippen LogP contribution in [0.15, 0.2) is 59.5 Å². The largest absolute Gasteiger partial charge is 0.378 e. The van der Waals surface area contributed by atoms with E-state index in [0.717, 1.165) is 11.3 Å². The zero-order valence-corrected chi connectivity index (χ0v) is 13.4. The van der Waals surface area contributed by atoms with Crippen molar-refractivity contribution >= 4 is 29.3 Å². The van der Waals surface area contributed by atoms with Crippen molar-refractivity contribution in [3.8, 4) is 0 Å². The van der Waals surface area contributed by atoms with Crippen molar-refractivity contribution in [2.24, 2.45) is 0 Å². The Kier molecular flexibility index (Phi) is 5.23. The smallest absolute Gasteiger partial charge is 0.185 e. The van der Waals surface area contributed by atoms with E-state index in [-0.39, 0.29) is 5.78 Å². The first-order chi connectivity index (χ1) is 10.1. The fourth-order valence-corrected chi connectivity index (χ4v) is 2.32. The van der Waals surface area contributed by atoms with Crippen LogP contribution in [0.3, 0.4) is 0 Å². The van der Waals surface area contributed by atoms with E-state index >= 15 is 0 Å². The van der Waals surface area contributed by atoms with Crippen molar-refractivity contribution in [3.05, 3.63) is 65.7 Å². The monoisotopic (exact) mass is 297 g/mol. The summed E-state index contributed by atoms with van der Waals surface area (Å²) in [5.41, 5.74) is 2.83. The molecule has 0 aliphatic rings. The predicted octanol–water partition coefficient (Wildman–Crippen LogP) is 4.37. The van der Waals surface area contributed by atoms with Gasteiger partial charge in [0.2, 0.25) is 0 Å². The normalized spacial score (nSPS) is 10.8. The number of rotatable bonds is 5. The predicted molar refractivity (Wildman–Crippen MR) is 92.4 cm³/mol. The first-order valence-electron chi connectivity index (χ1n) is 6.74. The third kappa shape index (κ3) is 4.23. The van der Waals surface area contributed by atoms with Crippen LogP contribution in [0.5, 0.6) is 0 Å². The van der Waals surface area contributed by atoms with Crippen molar-refractivity contribution in [1.82, 2.24) is 0 Å². The van der Waals surface area contributed by atoms with Gasteiger partial charge in [-0.2, -0.15) is 0 Å². The van der Waals surface area contributed by atoms with Crippen molar-refractivity contribution in [2.75, 3.05) is 25.3 Å². The number of carbonyl (C=O) groups excluding carboxylic acids is 1. The lowest BCUT2D eigenvalue weighted by Crippen LogP contribution is -2.08. The molecule has 0 saturated carbocycles. The van der Waals surface area contributed by atoms with E-state index in [1.54, 1.807) is 17.8 Å². The van der Waals surface area contributed by atoms with Crippen LogP contribution in [0.1, 0.15) is 15.9 Å². The minimum Gasteiger partial charge on any atom is -0.378 e. The first-order valence-corrected chi connectivity index (χ1v) is 7.96. The Morgan fingerprint density at radius 3 is 2.14 bits per heavy atom. The van der Waals surface area contributed by atoms with E-state index in [4.69, 9.17) is 0 Å². The highest BCUT2D eigenvalue weighted by Crippen LogP contribution is 2.16. The average Bonchev–Trinajstić information content (AvgIpc) is 2.53. The summed E-state index contributed by atoms with van der Waals surface area (Å²) >= 11 is 1.71. The van der Waals surface area contributed by atoms with Crippen LogP contribution in [0, 0.1) is 0 Å². The second-order valence-corrected chi connectivity index (χ2v) is 5.79. The van der Waals surface area contributed by atoms with Crippen molar-refractivity contribution < 1.29 is 4.79 Å². The lowest BCUT2D eigenvalue weighted by molar-refractivity contribution is 0.104. The Bertz CT molecular complexity index is 627. The van der Waals surface area contributed by atoms with Gasteiger partial charge in [0.05, 0.1) is 0 Å². The number of hydrogen-bond acceptors (Lipinski definition) is 3. The summed E-state index contributed by atoms with van der Waals surface area (Å²) < 4.78 is 0. The topological polar surface area (TPSA) is 20.3 Å². The molecule has 2 aromatic carbocycles. The van der Waals surface area contributed by atoms with Gasteiger partial charge in [-0.1, -0.05) is 18.2 Å². The summed E-state index contributed by atoms with van der Waals surface area (Å²) in [6, 6.07) is 15.8. The van der Waals surface area contributed by atoms with Crippen molar-refractivity contribution in [2.45, 2.75) is 4.90 Å². The fourth-order valence-electron chi connectivity index (χ4n) is 1.91. The molecule has 0 heterocycles. The van der Waals surface area contributed by atoms with Gasteiger partial charge in [0.1, 0.15) is 0 Å². The zero-order chi connectivity index (χ0) is 15.2. The van der Waals surface area contributed by atoms with Crippen LogP contribution in [0.2, 0.25) is 0 Å². The molecule has 0 amide bonds. The van der Waals surface area contributed by atoms with Crippen molar-refractivity contribution in [1.29, 1.82) is 0 Å². The number of hydrogen-bond donors (Lipinski definition) is 0. The van der Waals surface area contributed by atoms with E-state index in [0.29, 0.717) is 5.56 Å². The van der Waals surface area contributed by atoms with Crippen LogP contribution in [0.25, 0.3) is 6.08 Å². The van der Waals surface area contributed by atoms with Gasteiger partial charge in [-0.3, -0.25) is 4.79 Å². The second-order valence-electron chi connectivity index (χ2n) is 4.91. The van der Waals surface area contributed by atoms with E-state index in [9.17, 15) is 4.79 Å². The molecule has 3 heteroatoms. The van der Waals surface area contributed by atoms with Gasteiger partial charge < -0.3 is 4.90 Å². The molecule has 0 atom stereocenters. The molecule has 0 unspecified atom stereocenters. The van der Waals surface area contributed by atoms with Gasteiger partial charge in [-0.05, 0) is 54.3 Å². The molecule has 2 nitrogen and oxygen atoms in total. The van der Waals surface area contributed by atoms with Gasteiger partial charge in [-0.15, -0.1) is 11.8 Å². The number of thioether (sulfide) groups is 1. The molecule has 0 radical (unpaired) electrons. The summed E-state index contributed by atoms with van der Waals surface area (Å²) in [5.74, 6) is 0.0225. The van der Waals surface area contributed by atoms with Gasteiger partial charge in [-0.25, -0.2) is 0 Å². The number of anilines is 1. The number of benzene rings is 2. The van der Waals surface area contributed by atoms with E-state index in [1.807, 2.05) is 67.7 Å². The SMILES string of the molecule is CSc1ccc(/C=C/C(=O)c2ccc(N(C)C)cc2)cc1. The lowest BCUT2D eigenvalue weighted by atomic mass is 10.1. The Hall–Kier alpha value is -2.00. The molecule has 0 bridgehead atoms. The zero-order valence-electron chi connectivity index (χ0n) is 12.5. The van der Waals surface area contributed by atoms with Gasteiger partial charge in [0.15, 0.2) is 5.78 Å². The van der Waals surface area contributed by atoms with Crippen LogP contribution in [-0.2, 0) is 0 Å². The number of carbonyl (C=O) groups is 1. The number of nitrogens with zero attached hydrogens (tertiary/aromatic N) is 1. The highest BCUT2D eigenvalue weighted by Gasteiger charge is 2.02. The van der Waals surface area contributed by atoms with E-state index < -0.39 is 0 Å². The molecule has 0 saturated heterocycles. The average molecular weight is 297 g/mol. The molecule has 2 rings (SSSR count).